The highest BCUT2D eigenvalue weighted by Crippen LogP contribution is 2.16. The van der Waals surface area contributed by atoms with Gasteiger partial charge in [0, 0.05) is 13.1 Å². The van der Waals surface area contributed by atoms with Crippen LogP contribution in [-0.2, 0) is 10.0 Å². The number of terminal acetylenes is 1. The number of sulfonamides is 1. The second kappa shape index (κ2) is 6.93. The maximum atomic E-state index is 12.4. The number of rotatable bonds is 6. The molecule has 1 aromatic rings. The Balaban J connectivity index is 3.05. The van der Waals surface area contributed by atoms with E-state index < -0.39 is 10.0 Å². The third-order valence-corrected chi connectivity index (χ3v) is 4.36. The Kier molecular flexibility index (Phi) is 5.56. The van der Waals surface area contributed by atoms with Crippen LogP contribution in [0.5, 0.6) is 0 Å². The summed E-state index contributed by atoms with van der Waals surface area (Å²) < 4.78 is 26.2. The van der Waals surface area contributed by atoms with Gasteiger partial charge in [0.25, 0.3) is 0 Å². The largest absolute Gasteiger partial charge is 0.243 e. The topological polar surface area (TPSA) is 37.4 Å². The fourth-order valence-electron chi connectivity index (χ4n) is 1.51. The minimum atomic E-state index is -3.52. The molecule has 0 spiro atoms. The van der Waals surface area contributed by atoms with Gasteiger partial charge < -0.3 is 0 Å². The van der Waals surface area contributed by atoms with Gasteiger partial charge in [-0.2, -0.15) is 4.31 Å². The number of allylic oxidation sites excluding steroid dienone is 1. The van der Waals surface area contributed by atoms with Crippen LogP contribution < -0.4 is 0 Å². The average Bonchev–Trinajstić information content (AvgIpc) is 2.38. The Morgan fingerprint density at radius 1 is 1.32 bits per heavy atom. The predicted molar refractivity (Wildman–Crippen MR) is 78.1 cm³/mol. The third kappa shape index (κ3) is 4.09. The van der Waals surface area contributed by atoms with E-state index in [1.807, 2.05) is 6.92 Å². The normalized spacial score (nSPS) is 11.6. The molecule has 4 heteroatoms. The second-order valence-electron chi connectivity index (χ2n) is 3.99. The van der Waals surface area contributed by atoms with Gasteiger partial charge in [-0.05, 0) is 25.1 Å². The minimum absolute atomic E-state index is 0.229. The molecule has 0 amide bonds. The molecule has 0 aliphatic carbocycles. The molecule has 0 bridgehead atoms. The van der Waals surface area contributed by atoms with Crippen molar-refractivity contribution in [3.05, 3.63) is 54.6 Å². The molecule has 0 saturated carbocycles. The molecule has 0 aliphatic heterocycles. The molecule has 0 saturated heterocycles. The molecule has 0 aromatic heterocycles. The Labute approximate surface area is 115 Å². The summed E-state index contributed by atoms with van der Waals surface area (Å²) in [6, 6.07) is 6.75. The first kappa shape index (κ1) is 15.2. The first-order valence-electron chi connectivity index (χ1n) is 5.81. The monoisotopic (exact) mass is 275 g/mol. The lowest BCUT2D eigenvalue weighted by molar-refractivity contribution is 0.474. The molecule has 0 fully saturated rings. The van der Waals surface area contributed by atoms with Crippen molar-refractivity contribution < 1.29 is 8.42 Å². The Bertz CT molecular complexity index is 592. The average molecular weight is 275 g/mol. The van der Waals surface area contributed by atoms with Gasteiger partial charge in [-0.1, -0.05) is 35.8 Å². The van der Waals surface area contributed by atoms with Crippen LogP contribution in [0.1, 0.15) is 5.56 Å². The van der Waals surface area contributed by atoms with E-state index in [1.54, 1.807) is 36.4 Å². The van der Waals surface area contributed by atoms with E-state index in [1.165, 1.54) is 10.4 Å². The van der Waals surface area contributed by atoms with Gasteiger partial charge in [0.1, 0.15) is 0 Å². The van der Waals surface area contributed by atoms with Gasteiger partial charge in [-0.3, -0.25) is 0 Å². The number of hydrogen-bond donors (Lipinski definition) is 0. The zero-order chi connectivity index (χ0) is 14.3. The third-order valence-electron chi connectivity index (χ3n) is 2.51. The highest BCUT2D eigenvalue weighted by atomic mass is 32.2. The predicted octanol–water partition coefficient (Wildman–Crippen LogP) is 2.36. The summed E-state index contributed by atoms with van der Waals surface area (Å²) in [6.07, 6.45) is 9.77. The van der Waals surface area contributed by atoms with Crippen LogP contribution >= 0.6 is 0 Å². The van der Waals surface area contributed by atoms with Gasteiger partial charge in [0.15, 0.2) is 0 Å². The van der Waals surface area contributed by atoms with Crippen molar-refractivity contribution in [1.29, 1.82) is 0 Å². The van der Waals surface area contributed by atoms with Crippen LogP contribution in [0.3, 0.4) is 0 Å². The van der Waals surface area contributed by atoms with Crippen molar-refractivity contribution in [3.8, 4) is 12.3 Å². The highest BCUT2D eigenvalue weighted by Gasteiger charge is 2.21. The van der Waals surface area contributed by atoms with E-state index in [0.717, 1.165) is 5.56 Å². The van der Waals surface area contributed by atoms with Crippen LogP contribution in [0.4, 0.5) is 0 Å². The maximum Gasteiger partial charge on any atom is 0.243 e. The molecule has 0 N–H and O–H groups in total. The Hall–Kier alpha value is -1.83. The standard InChI is InChI=1S/C15H17NO2S/c1-4-6-7-13-16(12-5-2)19(17,18)15-10-8-14(3)9-11-15/h1,5-11H,2,12-13H2,3H3/b7-6-. The van der Waals surface area contributed by atoms with E-state index in [4.69, 9.17) is 6.42 Å². The van der Waals surface area contributed by atoms with Gasteiger partial charge >= 0.3 is 0 Å². The van der Waals surface area contributed by atoms with Crippen molar-refractivity contribution >= 4 is 10.0 Å². The van der Waals surface area contributed by atoms with Crippen molar-refractivity contribution in [2.75, 3.05) is 13.1 Å². The van der Waals surface area contributed by atoms with E-state index in [-0.39, 0.29) is 18.0 Å². The van der Waals surface area contributed by atoms with Gasteiger partial charge in [0.05, 0.1) is 4.90 Å². The lowest BCUT2D eigenvalue weighted by Crippen LogP contribution is -2.31. The van der Waals surface area contributed by atoms with E-state index in [0.29, 0.717) is 0 Å². The van der Waals surface area contributed by atoms with Crippen LogP contribution in [0.15, 0.2) is 54.0 Å². The molecular weight excluding hydrogens is 258 g/mol. The zero-order valence-electron chi connectivity index (χ0n) is 10.9. The molecule has 0 radical (unpaired) electrons. The molecule has 0 unspecified atom stereocenters. The summed E-state index contributed by atoms with van der Waals surface area (Å²) in [7, 11) is -3.52. The number of nitrogens with zero attached hydrogens (tertiary/aromatic N) is 1. The van der Waals surface area contributed by atoms with Crippen LogP contribution in [0.2, 0.25) is 0 Å². The Morgan fingerprint density at radius 3 is 2.47 bits per heavy atom. The number of aryl methyl sites for hydroxylation is 1. The smallest absolute Gasteiger partial charge is 0.207 e. The molecule has 0 atom stereocenters. The highest BCUT2D eigenvalue weighted by molar-refractivity contribution is 7.89. The summed E-state index contributed by atoms with van der Waals surface area (Å²) in [5.74, 6) is 2.34. The lowest BCUT2D eigenvalue weighted by Gasteiger charge is -2.19. The van der Waals surface area contributed by atoms with E-state index in [2.05, 4.69) is 12.5 Å². The van der Waals surface area contributed by atoms with Gasteiger partial charge in [-0.15, -0.1) is 13.0 Å². The van der Waals surface area contributed by atoms with Crippen molar-refractivity contribution in [2.24, 2.45) is 0 Å². The maximum absolute atomic E-state index is 12.4. The molecule has 0 aliphatic rings. The lowest BCUT2D eigenvalue weighted by atomic mass is 10.2. The number of benzene rings is 1. The molecule has 3 nitrogen and oxygen atoms in total. The molecule has 19 heavy (non-hydrogen) atoms. The van der Waals surface area contributed by atoms with E-state index >= 15 is 0 Å². The first-order chi connectivity index (χ1) is 9.02. The van der Waals surface area contributed by atoms with Crippen LogP contribution in [0, 0.1) is 19.3 Å². The van der Waals surface area contributed by atoms with Gasteiger partial charge in [0.2, 0.25) is 10.0 Å². The van der Waals surface area contributed by atoms with Gasteiger partial charge in [-0.25, -0.2) is 8.42 Å². The summed E-state index contributed by atoms with van der Waals surface area (Å²) in [5.41, 5.74) is 1.02. The summed E-state index contributed by atoms with van der Waals surface area (Å²) in [5, 5.41) is 0. The Morgan fingerprint density at radius 2 is 1.95 bits per heavy atom. The summed E-state index contributed by atoms with van der Waals surface area (Å²) in [4.78, 5) is 0.272. The summed E-state index contributed by atoms with van der Waals surface area (Å²) in [6.45, 7) is 5.96. The summed E-state index contributed by atoms with van der Waals surface area (Å²) >= 11 is 0. The fourth-order valence-corrected chi connectivity index (χ4v) is 2.87. The zero-order valence-corrected chi connectivity index (χ0v) is 11.7. The van der Waals surface area contributed by atoms with E-state index in [9.17, 15) is 8.42 Å². The number of hydrogen-bond acceptors (Lipinski definition) is 2. The first-order valence-corrected chi connectivity index (χ1v) is 7.25. The van der Waals surface area contributed by atoms with Crippen LogP contribution in [0.25, 0.3) is 0 Å². The molecule has 1 rings (SSSR count). The fraction of sp³-hybridized carbons (Fsp3) is 0.200. The SMILES string of the molecule is C#C/C=C\CN(CC=C)S(=O)(=O)c1ccc(C)cc1. The van der Waals surface area contributed by atoms with Crippen molar-refractivity contribution in [3.63, 3.8) is 0 Å². The molecule has 0 heterocycles. The van der Waals surface area contributed by atoms with Crippen molar-refractivity contribution in [1.82, 2.24) is 4.31 Å². The second-order valence-corrected chi connectivity index (χ2v) is 5.93. The van der Waals surface area contributed by atoms with Crippen LogP contribution in [-0.4, -0.2) is 25.8 Å². The molecule has 1 aromatic carbocycles. The molecular formula is C15H17NO2S. The van der Waals surface area contributed by atoms with Crippen molar-refractivity contribution in [2.45, 2.75) is 11.8 Å². The quantitative estimate of drug-likeness (QED) is 0.590. The molecule has 100 valence electrons. The minimum Gasteiger partial charge on any atom is -0.207 e.